The van der Waals surface area contributed by atoms with Gasteiger partial charge >= 0.3 is 0 Å². The van der Waals surface area contributed by atoms with Crippen LogP contribution in [-0.4, -0.2) is 98.2 Å². The van der Waals surface area contributed by atoms with Crippen molar-refractivity contribution in [2.45, 2.75) is 52.0 Å². The van der Waals surface area contributed by atoms with E-state index in [1.165, 1.54) is 25.9 Å². The highest BCUT2D eigenvalue weighted by Gasteiger charge is 2.39. The zero-order valence-corrected chi connectivity index (χ0v) is 20.5. The molecule has 0 aliphatic carbocycles. The predicted octanol–water partition coefficient (Wildman–Crippen LogP) is 2.02. The summed E-state index contributed by atoms with van der Waals surface area (Å²) in [6.45, 7) is 13.5. The van der Waals surface area contributed by atoms with Crippen LogP contribution in [0.1, 0.15) is 46.5 Å². The van der Waals surface area contributed by atoms with Crippen molar-refractivity contribution in [3.05, 3.63) is 0 Å². The van der Waals surface area contributed by atoms with E-state index in [1.54, 1.807) is 0 Å². The van der Waals surface area contributed by atoms with E-state index in [0.717, 1.165) is 58.2 Å². The summed E-state index contributed by atoms with van der Waals surface area (Å²) in [7, 11) is 1.95. The summed E-state index contributed by atoms with van der Waals surface area (Å²) in [4.78, 5) is 23.9. The van der Waals surface area contributed by atoms with Gasteiger partial charge in [0.25, 0.3) is 0 Å². The van der Waals surface area contributed by atoms with Crippen molar-refractivity contribution in [3.8, 4) is 0 Å². The van der Waals surface area contributed by atoms with Crippen molar-refractivity contribution in [2.75, 3.05) is 66.1 Å². The lowest BCUT2D eigenvalue weighted by Gasteiger charge is -2.43. The lowest BCUT2D eigenvalue weighted by Crippen LogP contribution is -2.54. The summed E-state index contributed by atoms with van der Waals surface area (Å²) < 4.78 is 5.64. The van der Waals surface area contributed by atoms with Crippen LogP contribution < -0.4 is 5.32 Å². The number of ether oxygens (including phenoxy) is 1. The maximum Gasteiger partial charge on any atom is 0.242 e. The minimum atomic E-state index is 0. The van der Waals surface area contributed by atoms with E-state index in [9.17, 15) is 4.79 Å². The Morgan fingerprint density at radius 3 is 2.29 bits per heavy atom. The van der Waals surface area contributed by atoms with Gasteiger partial charge < -0.3 is 19.9 Å². The third-order valence-electron chi connectivity index (χ3n) is 5.91. The number of aliphatic imine (C=N–C) groups is 1. The van der Waals surface area contributed by atoms with Crippen LogP contribution in [0.5, 0.6) is 0 Å². The zero-order valence-electron chi connectivity index (χ0n) is 18.2. The average Bonchev–Trinajstić information content (AvgIpc) is 3.22. The van der Waals surface area contributed by atoms with Crippen LogP contribution in [-0.2, 0) is 9.53 Å². The molecule has 2 heterocycles. The fraction of sp³-hybridized carbons (Fsp3) is 0.900. The molecule has 164 valence electrons. The average molecular weight is 509 g/mol. The molecule has 0 aromatic rings. The number of halogens is 1. The molecule has 28 heavy (non-hydrogen) atoms. The third-order valence-corrected chi connectivity index (χ3v) is 5.91. The Morgan fingerprint density at radius 1 is 1.14 bits per heavy atom. The Morgan fingerprint density at radius 2 is 1.75 bits per heavy atom. The van der Waals surface area contributed by atoms with Crippen LogP contribution in [0.15, 0.2) is 4.99 Å². The molecule has 2 aliphatic heterocycles. The van der Waals surface area contributed by atoms with Crippen LogP contribution in [0.4, 0.5) is 0 Å². The SMILES string of the molecule is CCNC(=NCC1(N2CCCC2)CCOCC1)N(C)CC(=O)N(CC)CC.I. The lowest BCUT2D eigenvalue weighted by molar-refractivity contribution is -0.131. The number of nitrogens with one attached hydrogen (secondary N) is 1. The van der Waals surface area contributed by atoms with Gasteiger partial charge in [-0.15, -0.1) is 24.0 Å². The number of carbonyl (C=O) groups excluding carboxylic acids is 1. The van der Waals surface area contributed by atoms with Crippen LogP contribution in [0.25, 0.3) is 0 Å². The number of likely N-dealkylation sites (N-methyl/N-ethyl adjacent to an activating group) is 2. The lowest BCUT2D eigenvalue weighted by atomic mass is 9.88. The van der Waals surface area contributed by atoms with Crippen LogP contribution >= 0.6 is 24.0 Å². The molecule has 0 saturated carbocycles. The van der Waals surface area contributed by atoms with E-state index in [1.807, 2.05) is 30.7 Å². The number of rotatable bonds is 8. The molecule has 2 rings (SSSR count). The molecule has 1 amide bonds. The van der Waals surface area contributed by atoms with Gasteiger partial charge in [0.2, 0.25) is 5.91 Å². The number of hydrogen-bond acceptors (Lipinski definition) is 4. The molecule has 0 aromatic carbocycles. The fourth-order valence-corrected chi connectivity index (χ4v) is 4.16. The van der Waals surface area contributed by atoms with Gasteiger partial charge in [0, 0.05) is 45.4 Å². The molecular weight excluding hydrogens is 469 g/mol. The Labute approximate surface area is 188 Å². The summed E-state index contributed by atoms with van der Waals surface area (Å²) in [5.74, 6) is 0.969. The van der Waals surface area contributed by atoms with Crippen molar-refractivity contribution >= 4 is 35.8 Å². The maximum absolute atomic E-state index is 12.5. The van der Waals surface area contributed by atoms with E-state index in [-0.39, 0.29) is 35.4 Å². The van der Waals surface area contributed by atoms with Gasteiger partial charge in [0.15, 0.2) is 5.96 Å². The fourth-order valence-electron chi connectivity index (χ4n) is 4.16. The van der Waals surface area contributed by atoms with Crippen molar-refractivity contribution in [3.63, 3.8) is 0 Å². The summed E-state index contributed by atoms with van der Waals surface area (Å²) in [6.07, 6.45) is 4.64. The second-order valence-electron chi connectivity index (χ2n) is 7.62. The first-order valence-corrected chi connectivity index (χ1v) is 10.7. The van der Waals surface area contributed by atoms with Crippen LogP contribution in [0.2, 0.25) is 0 Å². The van der Waals surface area contributed by atoms with Gasteiger partial charge in [-0.3, -0.25) is 14.7 Å². The Kier molecular flexibility index (Phi) is 11.7. The molecular formula is C20H40IN5O2. The third kappa shape index (κ3) is 6.73. The zero-order chi connectivity index (χ0) is 19.7. The van der Waals surface area contributed by atoms with Gasteiger partial charge in [0.05, 0.1) is 13.1 Å². The minimum Gasteiger partial charge on any atom is -0.381 e. The molecule has 0 spiro atoms. The molecule has 2 saturated heterocycles. The number of carbonyl (C=O) groups is 1. The number of hydrogen-bond donors (Lipinski definition) is 1. The largest absolute Gasteiger partial charge is 0.381 e. The molecule has 7 nitrogen and oxygen atoms in total. The van der Waals surface area contributed by atoms with Crippen LogP contribution in [0, 0.1) is 0 Å². The highest BCUT2D eigenvalue weighted by molar-refractivity contribution is 14.0. The first kappa shape index (κ1) is 25.4. The van der Waals surface area contributed by atoms with E-state index >= 15 is 0 Å². The van der Waals surface area contributed by atoms with Gasteiger partial charge in [-0.1, -0.05) is 0 Å². The highest BCUT2D eigenvalue weighted by Crippen LogP contribution is 2.31. The number of amides is 1. The second kappa shape index (κ2) is 12.8. The summed E-state index contributed by atoms with van der Waals surface area (Å²) in [6, 6.07) is 0. The van der Waals surface area contributed by atoms with E-state index < -0.39 is 0 Å². The predicted molar refractivity (Wildman–Crippen MR) is 126 cm³/mol. The molecule has 0 aromatic heterocycles. The minimum absolute atomic E-state index is 0. The summed E-state index contributed by atoms with van der Waals surface area (Å²) in [5, 5.41) is 3.37. The second-order valence-corrected chi connectivity index (χ2v) is 7.62. The van der Waals surface area contributed by atoms with Crippen molar-refractivity contribution in [1.82, 2.24) is 20.0 Å². The topological polar surface area (TPSA) is 60.4 Å². The van der Waals surface area contributed by atoms with Gasteiger partial charge in [-0.25, -0.2) is 0 Å². The smallest absolute Gasteiger partial charge is 0.242 e. The Hall–Kier alpha value is -0.610. The van der Waals surface area contributed by atoms with Crippen molar-refractivity contribution < 1.29 is 9.53 Å². The monoisotopic (exact) mass is 509 g/mol. The van der Waals surface area contributed by atoms with Crippen molar-refractivity contribution in [2.24, 2.45) is 4.99 Å². The summed E-state index contributed by atoms with van der Waals surface area (Å²) >= 11 is 0. The molecule has 8 heteroatoms. The quantitative estimate of drug-likeness (QED) is 0.308. The maximum atomic E-state index is 12.5. The first-order valence-electron chi connectivity index (χ1n) is 10.7. The standard InChI is InChI=1S/C20H39N5O2.HI/c1-5-21-19(23(4)16-18(26)24(6-2)7-3)22-17-20(10-14-27-15-11-20)25-12-8-9-13-25;/h5-17H2,1-4H3,(H,21,22);1H. The normalized spacial score (nSPS) is 19.8. The van der Waals surface area contributed by atoms with E-state index in [2.05, 4.69) is 17.1 Å². The molecule has 2 fully saturated rings. The number of nitrogens with zero attached hydrogens (tertiary/aromatic N) is 4. The molecule has 2 aliphatic rings. The molecule has 0 bridgehead atoms. The molecule has 1 N–H and O–H groups in total. The number of guanidine groups is 1. The van der Waals surface area contributed by atoms with E-state index in [0.29, 0.717) is 6.54 Å². The first-order chi connectivity index (χ1) is 13.1. The molecule has 0 unspecified atom stereocenters. The van der Waals surface area contributed by atoms with Gasteiger partial charge in [-0.2, -0.15) is 0 Å². The van der Waals surface area contributed by atoms with Gasteiger partial charge in [0.1, 0.15) is 0 Å². The molecule has 0 atom stereocenters. The van der Waals surface area contributed by atoms with Gasteiger partial charge in [-0.05, 0) is 59.5 Å². The van der Waals surface area contributed by atoms with Crippen molar-refractivity contribution in [1.29, 1.82) is 0 Å². The number of likely N-dealkylation sites (tertiary alicyclic amines) is 1. The highest BCUT2D eigenvalue weighted by atomic mass is 127. The summed E-state index contributed by atoms with van der Waals surface area (Å²) in [5.41, 5.74) is 0.110. The van der Waals surface area contributed by atoms with E-state index in [4.69, 9.17) is 9.73 Å². The Balaban J connectivity index is 0.00000392. The Bertz CT molecular complexity index is 487. The molecule has 0 radical (unpaired) electrons. The van der Waals surface area contributed by atoms with Crippen LogP contribution in [0.3, 0.4) is 0 Å².